The minimum absolute atomic E-state index is 0.163. The summed E-state index contributed by atoms with van der Waals surface area (Å²) in [6, 6.07) is 10.6. The van der Waals surface area contributed by atoms with Gasteiger partial charge in [0.2, 0.25) is 0 Å². The number of carboxylic acid groups (broad SMARTS) is 1. The summed E-state index contributed by atoms with van der Waals surface area (Å²) in [7, 11) is 1.48. The molecule has 1 amide bonds. The van der Waals surface area contributed by atoms with Crippen molar-refractivity contribution in [2.45, 2.75) is 13.2 Å². The molecular weight excluding hydrogens is 300 g/mol. The maximum atomic E-state index is 12.0. The van der Waals surface area contributed by atoms with Crippen LogP contribution in [0.15, 0.2) is 42.6 Å². The molecule has 0 saturated heterocycles. The molecule has 0 unspecified atom stereocenters. The SMILES string of the molecule is COCc1cnc(C(=O)NOCc2ccccc2)c(C(=O)O)c1. The Balaban J connectivity index is 2.04. The van der Waals surface area contributed by atoms with Gasteiger partial charge in [-0.3, -0.25) is 9.63 Å². The second-order valence-electron chi connectivity index (χ2n) is 4.68. The summed E-state index contributed by atoms with van der Waals surface area (Å²) in [5.74, 6) is -1.97. The van der Waals surface area contributed by atoms with E-state index in [0.29, 0.717) is 5.56 Å². The largest absolute Gasteiger partial charge is 0.478 e. The molecule has 7 heteroatoms. The summed E-state index contributed by atoms with van der Waals surface area (Å²) in [6.45, 7) is 0.371. The third kappa shape index (κ3) is 4.60. The highest BCUT2D eigenvalue weighted by Gasteiger charge is 2.19. The Morgan fingerprint density at radius 3 is 2.57 bits per heavy atom. The third-order valence-corrected chi connectivity index (χ3v) is 2.95. The summed E-state index contributed by atoms with van der Waals surface area (Å²) < 4.78 is 4.92. The van der Waals surface area contributed by atoms with Crippen molar-refractivity contribution in [1.29, 1.82) is 0 Å². The third-order valence-electron chi connectivity index (χ3n) is 2.95. The zero-order chi connectivity index (χ0) is 16.7. The number of methoxy groups -OCH3 is 1. The molecule has 120 valence electrons. The molecular formula is C16H16N2O5. The van der Waals surface area contributed by atoms with Gasteiger partial charge in [-0.25, -0.2) is 15.3 Å². The van der Waals surface area contributed by atoms with Crippen molar-refractivity contribution >= 4 is 11.9 Å². The van der Waals surface area contributed by atoms with Crippen LogP contribution in [-0.4, -0.2) is 29.1 Å². The molecule has 1 aromatic heterocycles. The monoisotopic (exact) mass is 316 g/mol. The molecule has 2 N–H and O–H groups in total. The summed E-state index contributed by atoms with van der Waals surface area (Å²) in [5.41, 5.74) is 3.20. The summed E-state index contributed by atoms with van der Waals surface area (Å²) in [4.78, 5) is 32.3. The van der Waals surface area contributed by atoms with Crippen LogP contribution in [0.3, 0.4) is 0 Å². The molecule has 0 spiro atoms. The zero-order valence-corrected chi connectivity index (χ0v) is 12.5. The molecule has 7 nitrogen and oxygen atoms in total. The molecule has 0 saturated carbocycles. The van der Waals surface area contributed by atoms with Crippen LogP contribution >= 0.6 is 0 Å². The number of carboxylic acids is 1. The van der Waals surface area contributed by atoms with E-state index >= 15 is 0 Å². The Kier molecular flexibility index (Phi) is 5.79. The van der Waals surface area contributed by atoms with E-state index in [9.17, 15) is 14.7 Å². The number of aromatic nitrogens is 1. The van der Waals surface area contributed by atoms with Gasteiger partial charge in [0.1, 0.15) is 5.69 Å². The number of ether oxygens (including phenoxy) is 1. The van der Waals surface area contributed by atoms with E-state index in [4.69, 9.17) is 9.57 Å². The Morgan fingerprint density at radius 2 is 1.91 bits per heavy atom. The highest BCUT2D eigenvalue weighted by molar-refractivity contribution is 6.02. The van der Waals surface area contributed by atoms with E-state index in [1.807, 2.05) is 30.3 Å². The van der Waals surface area contributed by atoms with Crippen molar-refractivity contribution in [3.63, 3.8) is 0 Å². The lowest BCUT2D eigenvalue weighted by molar-refractivity contribution is 0.0226. The second-order valence-corrected chi connectivity index (χ2v) is 4.68. The van der Waals surface area contributed by atoms with E-state index < -0.39 is 11.9 Å². The van der Waals surface area contributed by atoms with Gasteiger partial charge in [-0.15, -0.1) is 0 Å². The first kappa shape index (κ1) is 16.6. The number of nitrogens with zero attached hydrogens (tertiary/aromatic N) is 1. The first-order valence-electron chi connectivity index (χ1n) is 6.79. The normalized spacial score (nSPS) is 10.3. The Bertz CT molecular complexity index is 688. The first-order valence-corrected chi connectivity index (χ1v) is 6.79. The fourth-order valence-electron chi connectivity index (χ4n) is 1.91. The number of aromatic carboxylic acids is 1. The average molecular weight is 316 g/mol. The highest BCUT2D eigenvalue weighted by atomic mass is 16.6. The van der Waals surface area contributed by atoms with Crippen molar-refractivity contribution in [3.05, 3.63) is 65.0 Å². The van der Waals surface area contributed by atoms with Gasteiger partial charge in [0.05, 0.1) is 18.8 Å². The van der Waals surface area contributed by atoms with Crippen LogP contribution < -0.4 is 5.48 Å². The number of amides is 1. The fourth-order valence-corrected chi connectivity index (χ4v) is 1.91. The lowest BCUT2D eigenvalue weighted by Gasteiger charge is -2.09. The number of carbonyl (C=O) groups is 2. The summed E-state index contributed by atoms with van der Waals surface area (Å²) >= 11 is 0. The standard InChI is InChI=1S/C16H16N2O5/c1-22-9-12-7-13(16(20)21)14(17-8-12)15(19)18-23-10-11-5-3-2-4-6-11/h2-8H,9-10H2,1H3,(H,18,19)(H,20,21). The minimum Gasteiger partial charge on any atom is -0.478 e. The van der Waals surface area contributed by atoms with Crippen LogP contribution in [-0.2, 0) is 22.8 Å². The maximum Gasteiger partial charge on any atom is 0.338 e. The average Bonchev–Trinajstić information content (AvgIpc) is 2.56. The summed E-state index contributed by atoms with van der Waals surface area (Å²) in [5, 5.41) is 9.21. The molecule has 2 rings (SSSR count). The van der Waals surface area contributed by atoms with Crippen LogP contribution in [0.5, 0.6) is 0 Å². The quantitative estimate of drug-likeness (QED) is 0.756. The van der Waals surface area contributed by atoms with E-state index in [-0.39, 0.29) is 24.5 Å². The van der Waals surface area contributed by atoms with E-state index in [0.717, 1.165) is 5.56 Å². The van der Waals surface area contributed by atoms with E-state index in [1.165, 1.54) is 19.4 Å². The van der Waals surface area contributed by atoms with Crippen molar-refractivity contribution in [2.24, 2.45) is 0 Å². The topological polar surface area (TPSA) is 97.8 Å². The van der Waals surface area contributed by atoms with Gasteiger partial charge in [-0.05, 0) is 17.2 Å². The van der Waals surface area contributed by atoms with Gasteiger partial charge in [0.25, 0.3) is 5.91 Å². The number of pyridine rings is 1. The van der Waals surface area contributed by atoms with Gasteiger partial charge >= 0.3 is 5.97 Å². The molecule has 0 aliphatic carbocycles. The smallest absolute Gasteiger partial charge is 0.338 e. The molecule has 0 bridgehead atoms. The van der Waals surface area contributed by atoms with Gasteiger partial charge < -0.3 is 9.84 Å². The molecule has 23 heavy (non-hydrogen) atoms. The zero-order valence-electron chi connectivity index (χ0n) is 12.5. The number of carbonyl (C=O) groups excluding carboxylic acids is 1. The van der Waals surface area contributed by atoms with E-state index in [1.54, 1.807) is 0 Å². The lowest BCUT2D eigenvalue weighted by Crippen LogP contribution is -2.27. The first-order chi connectivity index (χ1) is 11.1. The number of rotatable bonds is 7. The molecule has 2 aromatic rings. The molecule has 1 heterocycles. The van der Waals surface area contributed by atoms with Gasteiger partial charge in [0, 0.05) is 13.3 Å². The van der Waals surface area contributed by atoms with Crippen molar-refractivity contribution < 1.29 is 24.3 Å². The van der Waals surface area contributed by atoms with Gasteiger partial charge in [0.15, 0.2) is 0 Å². The number of hydrogen-bond acceptors (Lipinski definition) is 5. The minimum atomic E-state index is -1.25. The molecule has 1 aromatic carbocycles. The van der Waals surface area contributed by atoms with Gasteiger partial charge in [-0.2, -0.15) is 0 Å². The predicted molar refractivity (Wildman–Crippen MR) is 80.6 cm³/mol. The molecule has 0 radical (unpaired) electrons. The number of hydrogen-bond donors (Lipinski definition) is 2. The second kappa shape index (κ2) is 8.02. The molecule has 0 aliphatic heterocycles. The summed E-state index contributed by atoms with van der Waals surface area (Å²) in [6.07, 6.45) is 1.39. The number of nitrogens with one attached hydrogen (secondary N) is 1. The highest BCUT2D eigenvalue weighted by Crippen LogP contribution is 2.10. The lowest BCUT2D eigenvalue weighted by atomic mass is 10.1. The Labute approximate surface area is 132 Å². The van der Waals surface area contributed by atoms with Crippen molar-refractivity contribution in [2.75, 3.05) is 7.11 Å². The fraction of sp³-hybridized carbons (Fsp3) is 0.188. The van der Waals surface area contributed by atoms with Crippen LogP contribution in [0, 0.1) is 0 Å². The molecule has 0 aliphatic rings. The number of benzene rings is 1. The van der Waals surface area contributed by atoms with Crippen LogP contribution in [0.1, 0.15) is 32.0 Å². The van der Waals surface area contributed by atoms with Crippen LogP contribution in [0.25, 0.3) is 0 Å². The molecule has 0 atom stereocenters. The Morgan fingerprint density at radius 1 is 1.17 bits per heavy atom. The van der Waals surface area contributed by atoms with Crippen LogP contribution in [0.4, 0.5) is 0 Å². The van der Waals surface area contributed by atoms with E-state index in [2.05, 4.69) is 10.5 Å². The van der Waals surface area contributed by atoms with Gasteiger partial charge in [-0.1, -0.05) is 30.3 Å². The Hall–Kier alpha value is -2.77. The molecule has 0 fully saturated rings. The number of hydroxylamine groups is 1. The maximum absolute atomic E-state index is 12.0. The van der Waals surface area contributed by atoms with Crippen molar-refractivity contribution in [1.82, 2.24) is 10.5 Å². The van der Waals surface area contributed by atoms with Crippen LogP contribution in [0.2, 0.25) is 0 Å². The predicted octanol–water partition coefficient (Wildman–Crippen LogP) is 1.79. The van der Waals surface area contributed by atoms with Crippen molar-refractivity contribution in [3.8, 4) is 0 Å².